The molecule has 200 valence electrons. The van der Waals surface area contributed by atoms with Crippen LogP contribution in [0.25, 0.3) is 0 Å². The summed E-state index contributed by atoms with van der Waals surface area (Å²) in [5, 5.41) is 2.89. The molecule has 0 radical (unpaired) electrons. The standard InChI is InChI=1S/C27H36N4O5S/c1-20(2)23-6-10-25(11-7-23)37(34,35)31-13-12-30(21(3)32)19-26(31)27(33)28-18-22-4-8-24(9-5-22)29-14-16-36-17-15-29/h4-11,20,26H,12-19H2,1-3H3,(H,28,33). The van der Waals surface area contributed by atoms with Crippen molar-refractivity contribution in [2.24, 2.45) is 0 Å². The van der Waals surface area contributed by atoms with Gasteiger partial charge in [-0.1, -0.05) is 38.1 Å². The molecule has 1 unspecified atom stereocenters. The second-order valence-electron chi connectivity index (χ2n) is 9.80. The fraction of sp³-hybridized carbons (Fsp3) is 0.481. The average Bonchev–Trinajstić information content (AvgIpc) is 2.92. The maximum atomic E-state index is 13.6. The van der Waals surface area contributed by atoms with E-state index in [-0.39, 0.29) is 42.9 Å². The molecule has 2 amide bonds. The summed E-state index contributed by atoms with van der Waals surface area (Å²) in [6.45, 7) is 9.18. The summed E-state index contributed by atoms with van der Waals surface area (Å²) in [6.07, 6.45) is 0. The Labute approximate surface area is 219 Å². The maximum absolute atomic E-state index is 13.6. The predicted molar refractivity (Wildman–Crippen MR) is 142 cm³/mol. The van der Waals surface area contributed by atoms with Gasteiger partial charge in [-0.15, -0.1) is 0 Å². The van der Waals surface area contributed by atoms with Gasteiger partial charge in [0.1, 0.15) is 6.04 Å². The lowest BCUT2D eigenvalue weighted by molar-refractivity contribution is -0.134. The summed E-state index contributed by atoms with van der Waals surface area (Å²) in [6, 6.07) is 13.7. The Morgan fingerprint density at radius 1 is 0.973 bits per heavy atom. The lowest BCUT2D eigenvalue weighted by Gasteiger charge is -2.39. The summed E-state index contributed by atoms with van der Waals surface area (Å²) in [7, 11) is -3.93. The minimum Gasteiger partial charge on any atom is -0.378 e. The highest BCUT2D eigenvalue weighted by atomic mass is 32.2. The fourth-order valence-corrected chi connectivity index (χ4v) is 6.24. The number of piperazine rings is 1. The van der Waals surface area contributed by atoms with Gasteiger partial charge in [0, 0.05) is 51.9 Å². The molecule has 2 heterocycles. The van der Waals surface area contributed by atoms with E-state index in [1.807, 2.05) is 38.1 Å². The van der Waals surface area contributed by atoms with Gasteiger partial charge in [0.05, 0.1) is 18.1 Å². The van der Waals surface area contributed by atoms with E-state index in [1.165, 1.54) is 16.1 Å². The number of amides is 2. The molecular weight excluding hydrogens is 492 g/mol. The van der Waals surface area contributed by atoms with Crippen molar-refractivity contribution in [2.45, 2.75) is 44.2 Å². The van der Waals surface area contributed by atoms with Crippen molar-refractivity contribution in [3.8, 4) is 0 Å². The third-order valence-corrected chi connectivity index (χ3v) is 8.93. The van der Waals surface area contributed by atoms with Gasteiger partial charge in [-0.25, -0.2) is 8.42 Å². The number of ether oxygens (including phenoxy) is 1. The Hall–Kier alpha value is -2.95. The lowest BCUT2D eigenvalue weighted by Crippen LogP contribution is -2.61. The smallest absolute Gasteiger partial charge is 0.243 e. The van der Waals surface area contributed by atoms with Crippen molar-refractivity contribution >= 4 is 27.5 Å². The Bertz CT molecular complexity index is 1190. The van der Waals surface area contributed by atoms with Gasteiger partial charge in [-0.05, 0) is 41.3 Å². The van der Waals surface area contributed by atoms with Gasteiger partial charge < -0.3 is 19.9 Å². The van der Waals surface area contributed by atoms with Crippen molar-refractivity contribution in [1.82, 2.24) is 14.5 Å². The molecule has 0 aromatic heterocycles. The van der Waals surface area contributed by atoms with Crippen molar-refractivity contribution in [1.29, 1.82) is 0 Å². The first-order chi connectivity index (χ1) is 17.7. The number of hydrogen-bond acceptors (Lipinski definition) is 6. The maximum Gasteiger partial charge on any atom is 0.243 e. The molecule has 0 bridgehead atoms. The fourth-order valence-electron chi connectivity index (χ4n) is 4.67. The molecule has 9 nitrogen and oxygen atoms in total. The van der Waals surface area contributed by atoms with Gasteiger partial charge in [-0.3, -0.25) is 9.59 Å². The lowest BCUT2D eigenvalue weighted by atomic mass is 10.0. The van der Waals surface area contributed by atoms with E-state index in [9.17, 15) is 18.0 Å². The average molecular weight is 529 g/mol. The van der Waals surface area contributed by atoms with Gasteiger partial charge in [0.25, 0.3) is 0 Å². The minimum atomic E-state index is -3.93. The van der Waals surface area contributed by atoms with E-state index in [0.717, 1.165) is 29.9 Å². The van der Waals surface area contributed by atoms with Crippen molar-refractivity contribution in [2.75, 3.05) is 50.8 Å². The molecule has 2 fully saturated rings. The molecule has 4 rings (SSSR count). The quantitative estimate of drug-likeness (QED) is 0.592. The number of rotatable bonds is 7. The van der Waals surface area contributed by atoms with Gasteiger partial charge in [-0.2, -0.15) is 4.31 Å². The van der Waals surface area contributed by atoms with Gasteiger partial charge in [0.15, 0.2) is 0 Å². The Morgan fingerprint density at radius 2 is 1.62 bits per heavy atom. The van der Waals surface area contributed by atoms with Crippen LogP contribution in [0, 0.1) is 0 Å². The molecule has 2 aliphatic heterocycles. The number of nitrogens with zero attached hydrogens (tertiary/aromatic N) is 3. The minimum absolute atomic E-state index is 0.0143. The van der Waals surface area contributed by atoms with Gasteiger partial charge >= 0.3 is 0 Å². The molecule has 0 spiro atoms. The molecule has 10 heteroatoms. The predicted octanol–water partition coefficient (Wildman–Crippen LogP) is 2.18. The molecule has 2 aromatic carbocycles. The zero-order valence-electron chi connectivity index (χ0n) is 21.7. The van der Waals surface area contributed by atoms with Crippen LogP contribution in [0.2, 0.25) is 0 Å². The van der Waals surface area contributed by atoms with Crippen molar-refractivity contribution < 1.29 is 22.7 Å². The van der Waals surface area contributed by atoms with Crippen LogP contribution in [0.15, 0.2) is 53.4 Å². The first-order valence-electron chi connectivity index (χ1n) is 12.7. The first-order valence-corrected chi connectivity index (χ1v) is 14.2. The molecule has 1 N–H and O–H groups in total. The molecule has 2 aromatic rings. The molecule has 1 atom stereocenters. The Balaban J connectivity index is 1.48. The van der Waals surface area contributed by atoms with Crippen LogP contribution in [-0.4, -0.2) is 81.4 Å². The van der Waals surface area contributed by atoms with Crippen LogP contribution in [-0.2, 0) is 30.9 Å². The SMILES string of the molecule is CC(=O)N1CCN(S(=O)(=O)c2ccc(C(C)C)cc2)C(C(=O)NCc2ccc(N3CCOCC3)cc2)C1. The highest BCUT2D eigenvalue weighted by Gasteiger charge is 2.40. The number of carbonyl (C=O) groups excluding carboxylic acids is 2. The number of carbonyl (C=O) groups is 2. The van der Waals surface area contributed by atoms with Crippen LogP contribution in [0.3, 0.4) is 0 Å². The molecule has 2 aliphatic rings. The van der Waals surface area contributed by atoms with E-state index in [1.54, 1.807) is 24.3 Å². The molecule has 0 aliphatic carbocycles. The molecule has 37 heavy (non-hydrogen) atoms. The highest BCUT2D eigenvalue weighted by Crippen LogP contribution is 2.24. The van der Waals surface area contributed by atoms with Crippen LogP contribution < -0.4 is 10.2 Å². The molecular formula is C27H36N4O5S. The second kappa shape index (κ2) is 11.6. The second-order valence-corrected chi connectivity index (χ2v) is 11.7. The molecule has 0 saturated carbocycles. The number of anilines is 1. The zero-order valence-corrected chi connectivity index (χ0v) is 22.5. The first kappa shape index (κ1) is 27.1. The third kappa shape index (κ3) is 6.31. The largest absolute Gasteiger partial charge is 0.378 e. The summed E-state index contributed by atoms with van der Waals surface area (Å²) in [5.74, 6) is -0.335. The summed E-state index contributed by atoms with van der Waals surface area (Å²) in [5.41, 5.74) is 3.04. The number of benzene rings is 2. The summed E-state index contributed by atoms with van der Waals surface area (Å²) < 4.78 is 33.7. The summed E-state index contributed by atoms with van der Waals surface area (Å²) >= 11 is 0. The van der Waals surface area contributed by atoms with E-state index in [4.69, 9.17) is 4.74 Å². The zero-order chi connectivity index (χ0) is 26.6. The monoisotopic (exact) mass is 528 g/mol. The van der Waals surface area contributed by atoms with E-state index in [0.29, 0.717) is 13.2 Å². The van der Waals surface area contributed by atoms with E-state index in [2.05, 4.69) is 10.2 Å². The number of hydrogen-bond donors (Lipinski definition) is 1. The van der Waals surface area contributed by atoms with Crippen LogP contribution in [0.5, 0.6) is 0 Å². The third-order valence-electron chi connectivity index (χ3n) is 7.01. The van der Waals surface area contributed by atoms with Crippen molar-refractivity contribution in [3.63, 3.8) is 0 Å². The topological polar surface area (TPSA) is 99.3 Å². The molecule has 2 saturated heterocycles. The number of morpholine rings is 1. The Kier molecular flexibility index (Phi) is 8.51. The van der Waals surface area contributed by atoms with Crippen LogP contribution in [0.4, 0.5) is 5.69 Å². The van der Waals surface area contributed by atoms with Gasteiger partial charge in [0.2, 0.25) is 21.8 Å². The normalized spacial score (nSPS) is 19.2. The Morgan fingerprint density at radius 3 is 2.22 bits per heavy atom. The van der Waals surface area contributed by atoms with E-state index < -0.39 is 22.0 Å². The van der Waals surface area contributed by atoms with Crippen molar-refractivity contribution in [3.05, 3.63) is 59.7 Å². The summed E-state index contributed by atoms with van der Waals surface area (Å²) in [4.78, 5) is 29.3. The number of nitrogens with one attached hydrogen (secondary N) is 1. The highest BCUT2D eigenvalue weighted by molar-refractivity contribution is 7.89. The van der Waals surface area contributed by atoms with E-state index >= 15 is 0 Å². The van der Waals surface area contributed by atoms with Crippen LogP contribution >= 0.6 is 0 Å². The number of sulfonamides is 1. The van der Waals surface area contributed by atoms with Crippen LogP contribution in [0.1, 0.15) is 37.8 Å².